The van der Waals surface area contributed by atoms with Crippen LogP contribution in [0.5, 0.6) is 0 Å². The summed E-state index contributed by atoms with van der Waals surface area (Å²) >= 11 is 0. The fourth-order valence-corrected chi connectivity index (χ4v) is 1.82. The molecule has 0 spiro atoms. The normalized spacial score (nSPS) is 10.2. The van der Waals surface area contributed by atoms with E-state index in [1.165, 1.54) is 25.4 Å². The molecule has 1 heterocycles. The fourth-order valence-electron chi connectivity index (χ4n) is 1.82. The number of pyridine rings is 1. The molecule has 0 atom stereocenters. The summed E-state index contributed by atoms with van der Waals surface area (Å²) in [6.45, 7) is -0.400. The van der Waals surface area contributed by atoms with E-state index in [1.54, 1.807) is 0 Å². The van der Waals surface area contributed by atoms with Crippen molar-refractivity contribution in [1.82, 2.24) is 4.57 Å². The van der Waals surface area contributed by atoms with Gasteiger partial charge in [0.25, 0.3) is 5.56 Å². The van der Waals surface area contributed by atoms with Crippen LogP contribution in [0, 0.1) is 11.6 Å². The van der Waals surface area contributed by atoms with Crippen molar-refractivity contribution in [2.24, 2.45) is 0 Å². The number of halogens is 2. The number of nitrogens with one attached hydrogen (secondary N) is 1. The Balaban J connectivity index is 2.15. The lowest BCUT2D eigenvalue weighted by Gasteiger charge is -2.09. The molecular formula is C15H12F2N2O4. The largest absolute Gasteiger partial charge is 0.465 e. The molecule has 0 saturated carbocycles. The van der Waals surface area contributed by atoms with Crippen LogP contribution in [0.15, 0.2) is 41.3 Å². The topological polar surface area (TPSA) is 77.4 Å². The Morgan fingerprint density at radius 1 is 1.17 bits per heavy atom. The fraction of sp³-hybridized carbons (Fsp3) is 0.133. The Kier molecular flexibility index (Phi) is 4.85. The molecule has 1 N–H and O–H groups in total. The minimum atomic E-state index is -1.10. The number of methoxy groups -OCH3 is 1. The summed E-state index contributed by atoms with van der Waals surface area (Å²) in [5.41, 5.74) is -0.350. The Morgan fingerprint density at radius 3 is 2.57 bits per heavy atom. The predicted molar refractivity (Wildman–Crippen MR) is 77.0 cm³/mol. The number of nitrogens with zero attached hydrogens (tertiary/aromatic N) is 1. The molecule has 0 aliphatic rings. The molecule has 1 aromatic heterocycles. The lowest BCUT2D eigenvalue weighted by Crippen LogP contribution is -2.27. The van der Waals surface area contributed by atoms with Gasteiger partial charge in [-0.25, -0.2) is 13.6 Å². The van der Waals surface area contributed by atoms with Gasteiger partial charge in [0.05, 0.1) is 12.7 Å². The van der Waals surface area contributed by atoms with Gasteiger partial charge in [-0.15, -0.1) is 0 Å². The second kappa shape index (κ2) is 6.82. The van der Waals surface area contributed by atoms with E-state index in [-0.39, 0.29) is 11.3 Å². The molecule has 0 saturated heterocycles. The van der Waals surface area contributed by atoms with E-state index in [0.717, 1.165) is 22.8 Å². The molecule has 0 radical (unpaired) electrons. The highest BCUT2D eigenvalue weighted by atomic mass is 19.2. The number of carbonyl (C=O) groups excluding carboxylic acids is 2. The Hall–Kier alpha value is -3.03. The van der Waals surface area contributed by atoms with Crippen LogP contribution in [0.2, 0.25) is 0 Å². The molecule has 2 rings (SSSR count). The Morgan fingerprint density at radius 2 is 1.91 bits per heavy atom. The van der Waals surface area contributed by atoms with Crippen LogP contribution >= 0.6 is 0 Å². The highest BCUT2D eigenvalue weighted by Crippen LogP contribution is 2.13. The van der Waals surface area contributed by atoms with Crippen molar-refractivity contribution < 1.29 is 23.1 Å². The van der Waals surface area contributed by atoms with E-state index in [9.17, 15) is 23.2 Å². The summed E-state index contributed by atoms with van der Waals surface area (Å²) in [5, 5.41) is 2.33. The van der Waals surface area contributed by atoms with E-state index >= 15 is 0 Å². The molecule has 0 aliphatic heterocycles. The number of esters is 1. The van der Waals surface area contributed by atoms with Gasteiger partial charge in [-0.3, -0.25) is 9.59 Å². The second-order valence-corrected chi connectivity index (χ2v) is 4.55. The zero-order chi connectivity index (χ0) is 17.0. The number of benzene rings is 1. The van der Waals surface area contributed by atoms with Crippen molar-refractivity contribution in [3.8, 4) is 0 Å². The van der Waals surface area contributed by atoms with E-state index in [2.05, 4.69) is 10.1 Å². The van der Waals surface area contributed by atoms with Crippen LogP contribution < -0.4 is 10.9 Å². The predicted octanol–water partition coefficient (Wildman–Crippen LogP) is 1.55. The highest BCUT2D eigenvalue weighted by molar-refractivity contribution is 5.91. The van der Waals surface area contributed by atoms with Crippen molar-refractivity contribution in [2.75, 3.05) is 12.4 Å². The SMILES string of the molecule is COC(=O)c1ccc(=O)n(CC(=O)Nc2ccc(F)c(F)c2)c1. The van der Waals surface area contributed by atoms with Crippen LogP contribution in [0.1, 0.15) is 10.4 Å². The van der Waals surface area contributed by atoms with Crippen LogP contribution in [-0.4, -0.2) is 23.6 Å². The van der Waals surface area contributed by atoms with Gasteiger partial charge in [0.2, 0.25) is 5.91 Å². The van der Waals surface area contributed by atoms with E-state index < -0.39 is 35.6 Å². The number of hydrogen-bond donors (Lipinski definition) is 1. The van der Waals surface area contributed by atoms with Gasteiger partial charge >= 0.3 is 5.97 Å². The molecule has 8 heteroatoms. The van der Waals surface area contributed by atoms with Crippen LogP contribution in [0.4, 0.5) is 14.5 Å². The maximum absolute atomic E-state index is 13.1. The zero-order valence-electron chi connectivity index (χ0n) is 12.0. The van der Waals surface area contributed by atoms with Crippen molar-refractivity contribution in [3.63, 3.8) is 0 Å². The molecule has 0 unspecified atom stereocenters. The maximum atomic E-state index is 13.1. The van der Waals surface area contributed by atoms with Crippen molar-refractivity contribution in [2.45, 2.75) is 6.54 Å². The molecule has 0 bridgehead atoms. The van der Waals surface area contributed by atoms with Gasteiger partial charge in [0.1, 0.15) is 6.54 Å². The first kappa shape index (κ1) is 16.3. The number of carbonyl (C=O) groups is 2. The van der Waals surface area contributed by atoms with E-state index in [1.807, 2.05) is 0 Å². The molecule has 120 valence electrons. The van der Waals surface area contributed by atoms with Crippen LogP contribution in [0.25, 0.3) is 0 Å². The zero-order valence-corrected chi connectivity index (χ0v) is 12.0. The van der Waals surface area contributed by atoms with E-state index in [0.29, 0.717) is 0 Å². The molecule has 0 fully saturated rings. The molecule has 2 aromatic rings. The minimum Gasteiger partial charge on any atom is -0.465 e. The summed E-state index contributed by atoms with van der Waals surface area (Å²) < 4.78 is 31.4. The third-order valence-corrected chi connectivity index (χ3v) is 2.92. The number of rotatable bonds is 4. The molecule has 6 nitrogen and oxygen atoms in total. The van der Waals surface area contributed by atoms with Gasteiger partial charge in [0, 0.05) is 24.0 Å². The quantitative estimate of drug-likeness (QED) is 0.867. The van der Waals surface area contributed by atoms with Gasteiger partial charge in [-0.05, 0) is 18.2 Å². The lowest BCUT2D eigenvalue weighted by atomic mass is 10.3. The average Bonchev–Trinajstić information content (AvgIpc) is 2.52. The first-order valence-corrected chi connectivity index (χ1v) is 6.44. The van der Waals surface area contributed by atoms with Crippen molar-refractivity contribution >= 4 is 17.6 Å². The first-order valence-electron chi connectivity index (χ1n) is 6.44. The highest BCUT2D eigenvalue weighted by Gasteiger charge is 2.11. The first-order chi connectivity index (χ1) is 10.9. The smallest absolute Gasteiger partial charge is 0.339 e. The number of amides is 1. The maximum Gasteiger partial charge on any atom is 0.339 e. The standard InChI is InChI=1S/C15H12F2N2O4/c1-23-15(22)9-2-5-14(21)19(7-9)8-13(20)18-10-3-4-11(16)12(17)6-10/h2-7H,8H2,1H3,(H,18,20). The van der Waals surface area contributed by atoms with Crippen molar-refractivity contribution in [3.05, 3.63) is 64.1 Å². The van der Waals surface area contributed by atoms with Gasteiger partial charge in [-0.1, -0.05) is 0 Å². The summed E-state index contributed by atoms with van der Waals surface area (Å²) in [4.78, 5) is 35.0. The van der Waals surface area contributed by atoms with Crippen molar-refractivity contribution in [1.29, 1.82) is 0 Å². The van der Waals surface area contributed by atoms with Gasteiger partial charge < -0.3 is 14.6 Å². The summed E-state index contributed by atoms with van der Waals surface area (Å²) in [5.74, 6) is -3.43. The summed E-state index contributed by atoms with van der Waals surface area (Å²) in [6, 6.07) is 5.27. The third-order valence-electron chi connectivity index (χ3n) is 2.92. The van der Waals surface area contributed by atoms with Gasteiger partial charge in [-0.2, -0.15) is 0 Å². The minimum absolute atomic E-state index is 0.0473. The lowest BCUT2D eigenvalue weighted by molar-refractivity contribution is -0.116. The third kappa shape index (κ3) is 4.00. The Labute approximate surface area is 129 Å². The number of ether oxygens (including phenoxy) is 1. The molecule has 23 heavy (non-hydrogen) atoms. The average molecular weight is 322 g/mol. The summed E-state index contributed by atoms with van der Waals surface area (Å²) in [7, 11) is 1.19. The number of anilines is 1. The van der Waals surface area contributed by atoms with Crippen LogP contribution in [0.3, 0.4) is 0 Å². The molecule has 0 aliphatic carbocycles. The second-order valence-electron chi connectivity index (χ2n) is 4.55. The summed E-state index contributed by atoms with van der Waals surface area (Å²) in [6.07, 6.45) is 1.18. The number of aromatic nitrogens is 1. The van der Waals surface area contributed by atoms with E-state index in [4.69, 9.17) is 0 Å². The Bertz CT molecular complexity index is 817. The molecule has 1 aromatic carbocycles. The monoisotopic (exact) mass is 322 g/mol. The number of hydrogen-bond acceptors (Lipinski definition) is 4. The molecule has 1 amide bonds. The van der Waals surface area contributed by atoms with Gasteiger partial charge in [0.15, 0.2) is 11.6 Å². The van der Waals surface area contributed by atoms with Crippen LogP contribution in [-0.2, 0) is 16.1 Å². The molecular weight excluding hydrogens is 310 g/mol.